The smallest absolute Gasteiger partial charge is 0.222 e. The van der Waals surface area contributed by atoms with E-state index in [4.69, 9.17) is 5.53 Å². The Hall–Kier alpha value is -2.59. The van der Waals surface area contributed by atoms with Gasteiger partial charge in [0.1, 0.15) is 0 Å². The quantitative estimate of drug-likeness (QED) is 0.482. The first kappa shape index (κ1) is 14.4. The maximum Gasteiger partial charge on any atom is 0.222 e. The third-order valence-electron chi connectivity index (χ3n) is 4.02. The van der Waals surface area contributed by atoms with Crippen LogP contribution in [0.25, 0.3) is 21.2 Å². The van der Waals surface area contributed by atoms with Crippen LogP contribution in [-0.2, 0) is 11.2 Å². The molecule has 2 heterocycles. The normalized spacial score (nSPS) is 17.7. The molecule has 112 valence electrons. The monoisotopic (exact) mass is 295 g/mol. The van der Waals surface area contributed by atoms with Crippen LogP contribution in [-0.4, -0.2) is 35.4 Å². The molecule has 1 aliphatic rings. The number of nitrogens with zero attached hydrogens (tertiary/aromatic N) is 5. The molecule has 0 bridgehead atoms. The summed E-state index contributed by atoms with van der Waals surface area (Å²) >= 11 is 0. The maximum absolute atomic E-state index is 12.0. The Morgan fingerprint density at radius 1 is 1.36 bits per heavy atom. The van der Waals surface area contributed by atoms with Crippen molar-refractivity contribution >= 4 is 16.7 Å². The Kier molecular flexibility index (Phi) is 4.21. The van der Waals surface area contributed by atoms with Crippen LogP contribution in [0.1, 0.15) is 12.1 Å². The van der Waals surface area contributed by atoms with Crippen LogP contribution in [0.4, 0.5) is 0 Å². The molecule has 3 rings (SSSR count). The number of rotatable bonds is 5. The lowest BCUT2D eigenvalue weighted by molar-refractivity contribution is -0.127. The van der Waals surface area contributed by atoms with E-state index in [2.05, 4.69) is 27.1 Å². The van der Waals surface area contributed by atoms with Crippen LogP contribution in [0.5, 0.6) is 0 Å². The van der Waals surface area contributed by atoms with Crippen molar-refractivity contribution in [1.82, 2.24) is 9.88 Å². The van der Waals surface area contributed by atoms with E-state index in [0.29, 0.717) is 26.1 Å². The highest BCUT2D eigenvalue weighted by molar-refractivity contribution is 5.81. The van der Waals surface area contributed by atoms with Gasteiger partial charge in [0, 0.05) is 54.7 Å². The molecule has 0 aliphatic carbocycles. The number of benzene rings is 1. The van der Waals surface area contributed by atoms with Gasteiger partial charge in [-0.25, -0.2) is 0 Å². The van der Waals surface area contributed by atoms with Gasteiger partial charge in [0.25, 0.3) is 0 Å². The van der Waals surface area contributed by atoms with Crippen LogP contribution >= 0.6 is 0 Å². The number of hydrogen-bond donors (Lipinski definition) is 0. The molecule has 1 aromatic heterocycles. The van der Waals surface area contributed by atoms with E-state index in [9.17, 15) is 4.79 Å². The number of carbonyl (C=O) groups excluding carboxylic acids is 1. The number of likely N-dealkylation sites (tertiary alicyclic amines) is 1. The molecule has 1 unspecified atom stereocenters. The highest BCUT2D eigenvalue weighted by Crippen LogP contribution is 2.19. The fourth-order valence-electron chi connectivity index (χ4n) is 2.86. The van der Waals surface area contributed by atoms with Crippen molar-refractivity contribution in [2.24, 2.45) is 11.0 Å². The zero-order chi connectivity index (χ0) is 15.4. The summed E-state index contributed by atoms with van der Waals surface area (Å²) in [5, 5.41) is 5.86. The summed E-state index contributed by atoms with van der Waals surface area (Å²) in [6.45, 7) is 1.73. The highest BCUT2D eigenvalue weighted by atomic mass is 16.2. The van der Waals surface area contributed by atoms with Crippen LogP contribution in [0.2, 0.25) is 0 Å². The molecule has 0 saturated carbocycles. The first-order valence-corrected chi connectivity index (χ1v) is 7.38. The SMILES string of the molecule is [N-]=[N+]=NCC1CC(=O)N(CCc2cc3ccccc3cn2)C1. The van der Waals surface area contributed by atoms with Crippen molar-refractivity contribution in [2.75, 3.05) is 19.6 Å². The van der Waals surface area contributed by atoms with E-state index in [1.165, 1.54) is 5.39 Å². The Morgan fingerprint density at radius 3 is 3.00 bits per heavy atom. The molecule has 1 fully saturated rings. The molecule has 2 aromatic rings. The molecule has 1 amide bonds. The van der Waals surface area contributed by atoms with E-state index < -0.39 is 0 Å². The third kappa shape index (κ3) is 3.18. The third-order valence-corrected chi connectivity index (χ3v) is 4.02. The van der Waals surface area contributed by atoms with Gasteiger partial charge in [-0.15, -0.1) is 0 Å². The molecule has 0 radical (unpaired) electrons. The average Bonchev–Trinajstić information content (AvgIpc) is 2.90. The summed E-state index contributed by atoms with van der Waals surface area (Å²) < 4.78 is 0. The lowest BCUT2D eigenvalue weighted by Crippen LogP contribution is -2.28. The summed E-state index contributed by atoms with van der Waals surface area (Å²) in [6, 6.07) is 10.2. The first-order valence-electron chi connectivity index (χ1n) is 7.38. The van der Waals surface area contributed by atoms with E-state index in [1.54, 1.807) is 0 Å². The van der Waals surface area contributed by atoms with Crippen molar-refractivity contribution in [3.63, 3.8) is 0 Å². The second-order valence-electron chi connectivity index (χ2n) is 5.60. The van der Waals surface area contributed by atoms with Gasteiger partial charge in [-0.05, 0) is 22.9 Å². The molecule has 22 heavy (non-hydrogen) atoms. The van der Waals surface area contributed by atoms with Gasteiger partial charge in [0.05, 0.1) is 0 Å². The molecular formula is C16H17N5O. The lowest BCUT2D eigenvalue weighted by atomic mass is 10.1. The molecule has 1 aliphatic heterocycles. The largest absolute Gasteiger partial charge is 0.342 e. The van der Waals surface area contributed by atoms with Crippen molar-refractivity contribution in [2.45, 2.75) is 12.8 Å². The summed E-state index contributed by atoms with van der Waals surface area (Å²) in [5.41, 5.74) is 9.34. The molecular weight excluding hydrogens is 278 g/mol. The minimum atomic E-state index is 0.138. The van der Waals surface area contributed by atoms with Gasteiger partial charge in [0.15, 0.2) is 0 Å². The lowest BCUT2D eigenvalue weighted by Gasteiger charge is -2.16. The summed E-state index contributed by atoms with van der Waals surface area (Å²) in [7, 11) is 0. The zero-order valence-corrected chi connectivity index (χ0v) is 12.2. The molecule has 1 saturated heterocycles. The van der Waals surface area contributed by atoms with Gasteiger partial charge in [-0.2, -0.15) is 0 Å². The van der Waals surface area contributed by atoms with Gasteiger partial charge in [-0.3, -0.25) is 9.78 Å². The first-order chi connectivity index (χ1) is 10.8. The molecule has 0 N–H and O–H groups in total. The number of aromatic nitrogens is 1. The Labute approximate surface area is 128 Å². The second-order valence-corrected chi connectivity index (χ2v) is 5.60. The fourth-order valence-corrected chi connectivity index (χ4v) is 2.86. The topological polar surface area (TPSA) is 82.0 Å². The number of fused-ring (bicyclic) bond motifs is 1. The maximum atomic E-state index is 12.0. The Balaban J connectivity index is 1.61. The van der Waals surface area contributed by atoms with E-state index in [1.807, 2.05) is 29.3 Å². The summed E-state index contributed by atoms with van der Waals surface area (Å²) in [6.07, 6.45) is 3.09. The minimum absolute atomic E-state index is 0.138. The van der Waals surface area contributed by atoms with Crippen molar-refractivity contribution < 1.29 is 4.79 Å². The average molecular weight is 295 g/mol. The molecule has 6 heteroatoms. The number of azide groups is 1. The number of amides is 1. The highest BCUT2D eigenvalue weighted by Gasteiger charge is 2.28. The number of carbonyl (C=O) groups is 1. The fraction of sp³-hybridized carbons (Fsp3) is 0.375. The molecule has 0 spiro atoms. The van der Waals surface area contributed by atoms with Crippen molar-refractivity contribution in [3.8, 4) is 0 Å². The standard InChI is InChI=1S/C16H17N5O/c17-20-19-9-12-7-16(22)21(11-12)6-5-15-8-13-3-1-2-4-14(13)10-18-15/h1-4,8,10,12H,5-7,9,11H2. The van der Waals surface area contributed by atoms with Crippen molar-refractivity contribution in [3.05, 3.63) is 52.7 Å². The van der Waals surface area contributed by atoms with Gasteiger partial charge >= 0.3 is 0 Å². The molecule has 1 atom stereocenters. The predicted octanol–water partition coefficient (Wildman–Crippen LogP) is 2.94. The number of pyridine rings is 1. The molecule has 1 aromatic carbocycles. The second kappa shape index (κ2) is 6.45. The van der Waals surface area contributed by atoms with Gasteiger partial charge in [-0.1, -0.05) is 29.4 Å². The summed E-state index contributed by atoms with van der Waals surface area (Å²) in [4.78, 5) is 21.0. The predicted molar refractivity (Wildman–Crippen MR) is 84.1 cm³/mol. The van der Waals surface area contributed by atoms with E-state index in [-0.39, 0.29) is 11.8 Å². The zero-order valence-electron chi connectivity index (χ0n) is 12.2. The Bertz CT molecular complexity index is 738. The summed E-state index contributed by atoms with van der Waals surface area (Å²) in [5.74, 6) is 0.284. The van der Waals surface area contributed by atoms with E-state index in [0.717, 1.165) is 17.5 Å². The number of hydrogen-bond acceptors (Lipinski definition) is 3. The van der Waals surface area contributed by atoms with Gasteiger partial charge in [0.2, 0.25) is 5.91 Å². The van der Waals surface area contributed by atoms with Crippen molar-refractivity contribution in [1.29, 1.82) is 0 Å². The van der Waals surface area contributed by atoms with Crippen LogP contribution < -0.4 is 0 Å². The van der Waals surface area contributed by atoms with Gasteiger partial charge < -0.3 is 4.90 Å². The van der Waals surface area contributed by atoms with Crippen LogP contribution in [0.15, 0.2) is 41.6 Å². The Morgan fingerprint density at radius 2 is 2.18 bits per heavy atom. The molecule has 6 nitrogen and oxygen atoms in total. The van der Waals surface area contributed by atoms with Crippen LogP contribution in [0, 0.1) is 5.92 Å². The van der Waals surface area contributed by atoms with E-state index >= 15 is 0 Å². The van der Waals surface area contributed by atoms with Crippen LogP contribution in [0.3, 0.4) is 0 Å². The minimum Gasteiger partial charge on any atom is -0.342 e.